The van der Waals surface area contributed by atoms with Crippen molar-refractivity contribution in [2.45, 2.75) is 0 Å². The van der Waals surface area contributed by atoms with Gasteiger partial charge in [-0.15, -0.1) is 0 Å². The fraction of sp³-hybridized carbons (Fsp3) is 0. The molecule has 0 spiro atoms. The van der Waals surface area contributed by atoms with Crippen molar-refractivity contribution in [3.05, 3.63) is 22.1 Å². The molecule has 72 valence electrons. The van der Waals surface area contributed by atoms with E-state index in [9.17, 15) is 9.59 Å². The second kappa shape index (κ2) is 2.55. The zero-order valence-corrected chi connectivity index (χ0v) is 6.76. The molecule has 14 heavy (non-hydrogen) atoms. The number of nitrogens with two attached hydrogens (primary N) is 1. The molecule has 0 saturated heterocycles. The van der Waals surface area contributed by atoms with Gasteiger partial charge in [-0.25, -0.2) is 9.78 Å². The SMILES string of the molecule is Nc1nc2nc(C(=O)O)cc(=O)n2[nH]1. The predicted molar refractivity (Wildman–Crippen MR) is 45.0 cm³/mol. The van der Waals surface area contributed by atoms with Gasteiger partial charge in [-0.2, -0.15) is 9.50 Å². The number of carbonyl (C=O) groups is 1. The summed E-state index contributed by atoms with van der Waals surface area (Å²) < 4.78 is 0.960. The van der Waals surface area contributed by atoms with Crippen LogP contribution in [0.4, 0.5) is 5.95 Å². The number of aromatic nitrogens is 4. The van der Waals surface area contributed by atoms with Gasteiger partial charge in [-0.1, -0.05) is 0 Å². The van der Waals surface area contributed by atoms with E-state index in [2.05, 4.69) is 15.1 Å². The second-order valence-corrected chi connectivity index (χ2v) is 2.53. The molecule has 4 N–H and O–H groups in total. The lowest BCUT2D eigenvalue weighted by atomic mass is 10.4. The van der Waals surface area contributed by atoms with Crippen LogP contribution >= 0.6 is 0 Å². The topological polar surface area (TPSA) is 126 Å². The molecular formula is C6H5N5O3. The average Bonchev–Trinajstić information content (AvgIpc) is 2.45. The molecule has 0 fully saturated rings. The molecule has 2 heterocycles. The van der Waals surface area contributed by atoms with Gasteiger partial charge in [0.1, 0.15) is 0 Å². The normalized spacial score (nSPS) is 10.6. The first kappa shape index (κ1) is 8.23. The number of H-pyrrole nitrogens is 1. The molecule has 0 amide bonds. The van der Waals surface area contributed by atoms with E-state index in [1.807, 2.05) is 0 Å². The van der Waals surface area contributed by atoms with E-state index in [0.717, 1.165) is 10.6 Å². The lowest BCUT2D eigenvalue weighted by Gasteiger charge is -1.92. The number of carboxylic acid groups (broad SMARTS) is 1. The standard InChI is InChI=1S/C6H5N5O3/c7-5-9-6-8-2(4(13)14)1-3(12)11(6)10-5/h1H,(H,13,14)(H3,7,8,9,10). The van der Waals surface area contributed by atoms with Gasteiger partial charge in [0, 0.05) is 6.07 Å². The van der Waals surface area contributed by atoms with Gasteiger partial charge < -0.3 is 10.8 Å². The predicted octanol–water partition coefficient (Wildman–Crippen LogP) is -1.30. The number of hydrogen-bond donors (Lipinski definition) is 3. The minimum atomic E-state index is -1.29. The van der Waals surface area contributed by atoms with E-state index in [4.69, 9.17) is 10.8 Å². The van der Waals surface area contributed by atoms with E-state index in [1.165, 1.54) is 0 Å². The summed E-state index contributed by atoms with van der Waals surface area (Å²) in [6.45, 7) is 0. The molecule has 0 aliphatic carbocycles. The monoisotopic (exact) mass is 195 g/mol. The summed E-state index contributed by atoms with van der Waals surface area (Å²) in [4.78, 5) is 29.0. The fourth-order valence-corrected chi connectivity index (χ4v) is 1.01. The highest BCUT2D eigenvalue weighted by Crippen LogP contribution is 1.97. The van der Waals surface area contributed by atoms with Gasteiger partial charge in [0.05, 0.1) is 0 Å². The maximum Gasteiger partial charge on any atom is 0.354 e. The second-order valence-electron chi connectivity index (χ2n) is 2.53. The number of anilines is 1. The highest BCUT2D eigenvalue weighted by molar-refractivity contribution is 5.85. The molecule has 0 radical (unpaired) electrons. The van der Waals surface area contributed by atoms with Crippen LogP contribution in [0.2, 0.25) is 0 Å². The van der Waals surface area contributed by atoms with Gasteiger partial charge in [-0.05, 0) is 0 Å². The first-order valence-corrected chi connectivity index (χ1v) is 3.56. The van der Waals surface area contributed by atoms with Crippen molar-refractivity contribution in [3.8, 4) is 0 Å². The van der Waals surface area contributed by atoms with Gasteiger partial charge in [0.2, 0.25) is 5.95 Å². The van der Waals surface area contributed by atoms with Crippen LogP contribution in [-0.4, -0.2) is 30.7 Å². The Morgan fingerprint density at radius 1 is 1.57 bits per heavy atom. The summed E-state index contributed by atoms with van der Waals surface area (Å²) in [7, 11) is 0. The van der Waals surface area contributed by atoms with Crippen LogP contribution in [-0.2, 0) is 0 Å². The van der Waals surface area contributed by atoms with Crippen molar-refractivity contribution < 1.29 is 9.90 Å². The van der Waals surface area contributed by atoms with Crippen LogP contribution in [0, 0.1) is 0 Å². The number of rotatable bonds is 1. The minimum Gasteiger partial charge on any atom is -0.477 e. The van der Waals surface area contributed by atoms with Crippen molar-refractivity contribution >= 4 is 17.7 Å². The maximum atomic E-state index is 11.3. The molecule has 0 bridgehead atoms. The third-order valence-corrected chi connectivity index (χ3v) is 1.57. The Hall–Kier alpha value is -2.38. The van der Waals surface area contributed by atoms with Crippen molar-refractivity contribution in [2.24, 2.45) is 0 Å². The highest BCUT2D eigenvalue weighted by atomic mass is 16.4. The Morgan fingerprint density at radius 2 is 2.29 bits per heavy atom. The molecule has 0 aliphatic rings. The summed E-state index contributed by atoms with van der Waals surface area (Å²) >= 11 is 0. The average molecular weight is 195 g/mol. The fourth-order valence-electron chi connectivity index (χ4n) is 1.01. The Balaban J connectivity index is 2.84. The first-order valence-electron chi connectivity index (χ1n) is 3.56. The zero-order chi connectivity index (χ0) is 10.3. The summed E-state index contributed by atoms with van der Waals surface area (Å²) in [6.07, 6.45) is 0. The van der Waals surface area contributed by atoms with Crippen molar-refractivity contribution in [3.63, 3.8) is 0 Å². The highest BCUT2D eigenvalue weighted by Gasteiger charge is 2.10. The number of fused-ring (bicyclic) bond motifs is 1. The van der Waals surface area contributed by atoms with E-state index in [1.54, 1.807) is 0 Å². The maximum absolute atomic E-state index is 11.3. The Bertz CT molecular complexity index is 568. The third-order valence-electron chi connectivity index (χ3n) is 1.57. The van der Waals surface area contributed by atoms with Crippen LogP contribution in [0.1, 0.15) is 10.5 Å². The molecule has 8 heteroatoms. The van der Waals surface area contributed by atoms with Crippen LogP contribution in [0.15, 0.2) is 10.9 Å². The van der Waals surface area contributed by atoms with Crippen molar-refractivity contribution in [1.82, 2.24) is 19.6 Å². The molecule has 0 unspecified atom stereocenters. The van der Waals surface area contributed by atoms with Crippen molar-refractivity contribution in [2.75, 3.05) is 5.73 Å². The lowest BCUT2D eigenvalue weighted by Crippen LogP contribution is -2.17. The quantitative estimate of drug-likeness (QED) is 0.519. The largest absolute Gasteiger partial charge is 0.477 e. The van der Waals surface area contributed by atoms with Gasteiger partial charge in [0.15, 0.2) is 5.69 Å². The summed E-state index contributed by atoms with van der Waals surface area (Å²) in [5, 5.41) is 11.0. The number of aromatic carboxylic acids is 1. The van der Waals surface area contributed by atoms with Gasteiger partial charge in [0.25, 0.3) is 11.3 Å². The Kier molecular flexibility index (Phi) is 1.50. The smallest absolute Gasteiger partial charge is 0.354 e. The molecule has 0 aliphatic heterocycles. The molecule has 8 nitrogen and oxygen atoms in total. The zero-order valence-electron chi connectivity index (χ0n) is 6.76. The van der Waals surface area contributed by atoms with Gasteiger partial charge in [-0.3, -0.25) is 9.89 Å². The Labute approximate surface area is 76.0 Å². The van der Waals surface area contributed by atoms with E-state index >= 15 is 0 Å². The van der Waals surface area contributed by atoms with E-state index in [0.29, 0.717) is 0 Å². The molecule has 0 aromatic carbocycles. The summed E-state index contributed by atoms with van der Waals surface area (Å²) in [5.41, 5.74) is 4.34. The molecular weight excluding hydrogens is 190 g/mol. The number of hydrogen-bond acceptors (Lipinski definition) is 5. The number of nitrogens with zero attached hydrogens (tertiary/aromatic N) is 3. The van der Waals surface area contributed by atoms with Crippen LogP contribution in [0.5, 0.6) is 0 Å². The summed E-state index contributed by atoms with van der Waals surface area (Å²) in [5.74, 6) is -1.35. The van der Waals surface area contributed by atoms with Crippen LogP contribution < -0.4 is 11.3 Å². The third kappa shape index (κ3) is 1.09. The number of nitrogens with one attached hydrogen (secondary N) is 1. The molecule has 2 rings (SSSR count). The molecule has 0 saturated carbocycles. The first-order chi connectivity index (χ1) is 6.58. The summed E-state index contributed by atoms with van der Waals surface area (Å²) in [6, 6.07) is 0.882. The number of aromatic amines is 1. The Morgan fingerprint density at radius 3 is 2.93 bits per heavy atom. The van der Waals surface area contributed by atoms with Gasteiger partial charge >= 0.3 is 5.97 Å². The minimum absolute atomic E-state index is 0.00265. The molecule has 0 atom stereocenters. The van der Waals surface area contributed by atoms with Crippen LogP contribution in [0.25, 0.3) is 5.78 Å². The van der Waals surface area contributed by atoms with E-state index < -0.39 is 11.5 Å². The molecule has 2 aromatic rings. The van der Waals surface area contributed by atoms with E-state index in [-0.39, 0.29) is 17.4 Å². The lowest BCUT2D eigenvalue weighted by molar-refractivity contribution is 0.0690. The number of nitrogen functional groups attached to an aromatic ring is 1. The number of carboxylic acids is 1. The van der Waals surface area contributed by atoms with Crippen molar-refractivity contribution in [1.29, 1.82) is 0 Å². The molecule has 2 aromatic heterocycles. The van der Waals surface area contributed by atoms with Crippen LogP contribution in [0.3, 0.4) is 0 Å².